The second-order valence-corrected chi connectivity index (χ2v) is 7.26. The molecular formula is C20H31NO5. The predicted octanol–water partition coefficient (Wildman–Crippen LogP) is 3.58. The number of hydrogen-bond acceptors (Lipinski definition) is 5. The number of rotatable bonds is 10. The van der Waals surface area contributed by atoms with E-state index in [1.54, 1.807) is 18.2 Å². The quantitative estimate of drug-likeness (QED) is 0.642. The van der Waals surface area contributed by atoms with E-state index < -0.39 is 5.97 Å². The number of carbonyl (C=O) groups is 2. The Labute approximate surface area is 156 Å². The van der Waals surface area contributed by atoms with Gasteiger partial charge in [-0.25, -0.2) is 4.79 Å². The molecule has 0 atom stereocenters. The second-order valence-electron chi connectivity index (χ2n) is 7.26. The van der Waals surface area contributed by atoms with Crippen molar-refractivity contribution in [2.75, 3.05) is 20.3 Å². The molecule has 6 nitrogen and oxygen atoms in total. The topological polar surface area (TPSA) is 73.9 Å². The summed E-state index contributed by atoms with van der Waals surface area (Å²) in [5.74, 6) is 0.665. The first kappa shape index (κ1) is 21.8. The van der Waals surface area contributed by atoms with E-state index in [0.29, 0.717) is 29.6 Å². The van der Waals surface area contributed by atoms with Gasteiger partial charge in [0.25, 0.3) is 5.91 Å². The fourth-order valence-corrected chi connectivity index (χ4v) is 2.03. The molecule has 1 aromatic rings. The van der Waals surface area contributed by atoms with E-state index in [-0.39, 0.29) is 18.1 Å². The highest BCUT2D eigenvalue weighted by atomic mass is 16.5. The third kappa shape index (κ3) is 7.33. The van der Waals surface area contributed by atoms with E-state index in [4.69, 9.17) is 14.2 Å². The maximum Gasteiger partial charge on any atom is 0.338 e. The molecule has 0 aliphatic carbocycles. The van der Waals surface area contributed by atoms with Crippen molar-refractivity contribution in [1.29, 1.82) is 0 Å². The van der Waals surface area contributed by atoms with Gasteiger partial charge in [-0.15, -0.1) is 0 Å². The van der Waals surface area contributed by atoms with Crippen LogP contribution in [0.15, 0.2) is 18.2 Å². The van der Waals surface area contributed by atoms with Gasteiger partial charge in [-0.05, 0) is 50.8 Å². The molecule has 1 amide bonds. The smallest absolute Gasteiger partial charge is 0.338 e. The number of amides is 1. The Morgan fingerprint density at radius 1 is 1.19 bits per heavy atom. The van der Waals surface area contributed by atoms with Crippen LogP contribution in [0.2, 0.25) is 0 Å². The summed E-state index contributed by atoms with van der Waals surface area (Å²) in [6, 6.07) is 4.83. The molecule has 26 heavy (non-hydrogen) atoms. The molecule has 0 unspecified atom stereocenters. The zero-order valence-corrected chi connectivity index (χ0v) is 16.7. The van der Waals surface area contributed by atoms with Crippen LogP contribution in [-0.2, 0) is 9.53 Å². The molecule has 0 radical (unpaired) electrons. The summed E-state index contributed by atoms with van der Waals surface area (Å²) in [5, 5.41) is 2.82. The third-order valence-electron chi connectivity index (χ3n) is 4.05. The molecule has 0 bridgehead atoms. The Morgan fingerprint density at radius 2 is 1.88 bits per heavy atom. The second kappa shape index (κ2) is 10.0. The summed E-state index contributed by atoms with van der Waals surface area (Å²) in [6.07, 6.45) is 1.71. The maximum absolute atomic E-state index is 12.2. The van der Waals surface area contributed by atoms with Gasteiger partial charge < -0.3 is 19.5 Å². The van der Waals surface area contributed by atoms with Crippen LogP contribution < -0.4 is 14.8 Å². The van der Waals surface area contributed by atoms with Crippen LogP contribution in [-0.4, -0.2) is 37.7 Å². The van der Waals surface area contributed by atoms with E-state index in [1.165, 1.54) is 7.11 Å². The van der Waals surface area contributed by atoms with Gasteiger partial charge >= 0.3 is 5.97 Å². The monoisotopic (exact) mass is 365 g/mol. The molecule has 0 heterocycles. The highest BCUT2D eigenvalue weighted by Crippen LogP contribution is 2.28. The van der Waals surface area contributed by atoms with E-state index in [9.17, 15) is 9.59 Å². The fraction of sp³-hybridized carbons (Fsp3) is 0.600. The minimum atomic E-state index is -0.582. The SMILES string of the molecule is CCC(C)(C)NC(=O)COC(=O)c1ccc(OCCC(C)C)c(OC)c1. The molecule has 1 aromatic carbocycles. The molecule has 0 saturated heterocycles. The lowest BCUT2D eigenvalue weighted by molar-refractivity contribution is -0.125. The van der Waals surface area contributed by atoms with Gasteiger partial charge in [-0.2, -0.15) is 0 Å². The number of hydrogen-bond donors (Lipinski definition) is 1. The van der Waals surface area contributed by atoms with Crippen molar-refractivity contribution in [1.82, 2.24) is 5.32 Å². The Balaban J connectivity index is 2.65. The van der Waals surface area contributed by atoms with Gasteiger partial charge in [0.2, 0.25) is 0 Å². The Kier molecular flexibility index (Phi) is 8.42. The maximum atomic E-state index is 12.2. The van der Waals surface area contributed by atoms with Crippen molar-refractivity contribution in [2.24, 2.45) is 5.92 Å². The van der Waals surface area contributed by atoms with Gasteiger partial charge in [0.1, 0.15) is 0 Å². The highest BCUT2D eigenvalue weighted by Gasteiger charge is 2.19. The first-order chi connectivity index (χ1) is 12.2. The summed E-state index contributed by atoms with van der Waals surface area (Å²) in [6.45, 7) is 10.3. The minimum Gasteiger partial charge on any atom is -0.493 e. The van der Waals surface area contributed by atoms with E-state index >= 15 is 0 Å². The Hall–Kier alpha value is -2.24. The van der Waals surface area contributed by atoms with Crippen molar-refractivity contribution in [3.8, 4) is 11.5 Å². The molecule has 0 aliphatic rings. The van der Waals surface area contributed by atoms with Crippen LogP contribution in [0.1, 0.15) is 57.8 Å². The number of carbonyl (C=O) groups excluding carboxylic acids is 2. The zero-order chi connectivity index (χ0) is 19.7. The lowest BCUT2D eigenvalue weighted by Crippen LogP contribution is -2.44. The lowest BCUT2D eigenvalue weighted by Gasteiger charge is -2.24. The van der Waals surface area contributed by atoms with Crippen LogP contribution in [0.25, 0.3) is 0 Å². The van der Waals surface area contributed by atoms with Crippen LogP contribution in [0.4, 0.5) is 0 Å². The number of esters is 1. The van der Waals surface area contributed by atoms with Gasteiger partial charge in [-0.3, -0.25) is 4.79 Å². The summed E-state index contributed by atoms with van der Waals surface area (Å²) >= 11 is 0. The van der Waals surface area contributed by atoms with E-state index in [1.807, 2.05) is 20.8 Å². The Morgan fingerprint density at radius 3 is 2.46 bits per heavy atom. The van der Waals surface area contributed by atoms with Gasteiger partial charge in [0.15, 0.2) is 18.1 Å². The molecule has 1 N–H and O–H groups in total. The van der Waals surface area contributed by atoms with Crippen molar-refractivity contribution >= 4 is 11.9 Å². The molecule has 0 aromatic heterocycles. The number of methoxy groups -OCH3 is 1. The first-order valence-corrected chi connectivity index (χ1v) is 8.97. The van der Waals surface area contributed by atoms with Crippen LogP contribution in [0.5, 0.6) is 11.5 Å². The fourth-order valence-electron chi connectivity index (χ4n) is 2.03. The molecule has 0 aliphatic heterocycles. The minimum absolute atomic E-state index is 0.306. The summed E-state index contributed by atoms with van der Waals surface area (Å²) in [5.41, 5.74) is -0.0255. The van der Waals surface area contributed by atoms with Crippen molar-refractivity contribution < 1.29 is 23.8 Å². The first-order valence-electron chi connectivity index (χ1n) is 8.97. The van der Waals surface area contributed by atoms with Gasteiger partial charge in [0, 0.05) is 5.54 Å². The van der Waals surface area contributed by atoms with E-state index in [0.717, 1.165) is 12.8 Å². The van der Waals surface area contributed by atoms with Crippen LogP contribution in [0.3, 0.4) is 0 Å². The summed E-state index contributed by atoms with van der Waals surface area (Å²) in [7, 11) is 1.51. The average molecular weight is 365 g/mol. The molecule has 1 rings (SSSR count). The summed E-state index contributed by atoms with van der Waals surface area (Å²) in [4.78, 5) is 24.0. The normalized spacial score (nSPS) is 11.2. The molecule has 6 heteroatoms. The van der Waals surface area contributed by atoms with Crippen LogP contribution in [0, 0.1) is 5.92 Å². The molecular weight excluding hydrogens is 334 g/mol. The molecule has 146 valence electrons. The zero-order valence-electron chi connectivity index (χ0n) is 16.7. The third-order valence-corrected chi connectivity index (χ3v) is 4.05. The highest BCUT2D eigenvalue weighted by molar-refractivity contribution is 5.92. The standard InChI is InChI=1S/C20H31NO5/c1-7-20(4,5)21-18(22)13-26-19(23)15-8-9-16(17(12-15)24-6)25-11-10-14(2)3/h8-9,12,14H,7,10-11,13H2,1-6H3,(H,21,22). The van der Waals surface area contributed by atoms with Crippen LogP contribution >= 0.6 is 0 Å². The average Bonchev–Trinajstić information content (AvgIpc) is 2.59. The number of ether oxygens (including phenoxy) is 3. The molecule has 0 fully saturated rings. The van der Waals surface area contributed by atoms with E-state index in [2.05, 4.69) is 19.2 Å². The predicted molar refractivity (Wildman–Crippen MR) is 101 cm³/mol. The molecule has 0 saturated carbocycles. The van der Waals surface area contributed by atoms with Crippen molar-refractivity contribution in [3.63, 3.8) is 0 Å². The number of nitrogens with one attached hydrogen (secondary N) is 1. The van der Waals surface area contributed by atoms with Crippen molar-refractivity contribution in [3.05, 3.63) is 23.8 Å². The Bertz CT molecular complexity index is 610. The lowest BCUT2D eigenvalue weighted by atomic mass is 10.0. The largest absolute Gasteiger partial charge is 0.493 e. The summed E-state index contributed by atoms with van der Waals surface area (Å²) < 4.78 is 16.1. The number of benzene rings is 1. The van der Waals surface area contributed by atoms with Gasteiger partial charge in [-0.1, -0.05) is 20.8 Å². The van der Waals surface area contributed by atoms with Crippen molar-refractivity contribution in [2.45, 2.75) is 53.0 Å². The molecule has 0 spiro atoms. The van der Waals surface area contributed by atoms with Gasteiger partial charge in [0.05, 0.1) is 19.3 Å².